The van der Waals surface area contributed by atoms with Gasteiger partial charge in [-0.1, -0.05) is 5.16 Å². The highest BCUT2D eigenvalue weighted by Gasteiger charge is 2.22. The maximum absolute atomic E-state index is 6.03. The summed E-state index contributed by atoms with van der Waals surface area (Å²) in [4.78, 5) is 11.1. The van der Waals surface area contributed by atoms with E-state index in [-0.39, 0.29) is 6.10 Å². The molecule has 1 saturated heterocycles. The number of rotatable bonds is 4. The Morgan fingerprint density at radius 3 is 2.68 bits per heavy atom. The van der Waals surface area contributed by atoms with E-state index >= 15 is 0 Å². The van der Waals surface area contributed by atoms with E-state index in [0.717, 1.165) is 55.3 Å². The lowest BCUT2D eigenvalue weighted by Gasteiger charge is -2.31. The van der Waals surface area contributed by atoms with Gasteiger partial charge < -0.3 is 9.26 Å². The van der Waals surface area contributed by atoms with Crippen molar-refractivity contribution in [2.75, 3.05) is 13.1 Å². The molecule has 2 aromatic heterocycles. The molecule has 0 saturated carbocycles. The van der Waals surface area contributed by atoms with E-state index < -0.39 is 0 Å². The van der Waals surface area contributed by atoms with Crippen LogP contribution in [0.2, 0.25) is 0 Å². The van der Waals surface area contributed by atoms with E-state index in [1.54, 1.807) is 6.20 Å². The van der Waals surface area contributed by atoms with Crippen LogP contribution in [0.1, 0.15) is 35.7 Å². The molecular weight excluding hydrogens is 280 g/mol. The Hall–Kier alpha value is -1.95. The van der Waals surface area contributed by atoms with Crippen molar-refractivity contribution in [3.8, 4) is 5.88 Å². The van der Waals surface area contributed by atoms with E-state index in [9.17, 15) is 0 Å². The molecule has 0 amide bonds. The molecule has 6 heteroatoms. The Morgan fingerprint density at radius 2 is 2.00 bits per heavy atom. The molecule has 1 aliphatic rings. The number of piperidine rings is 1. The molecule has 0 aliphatic carbocycles. The largest absolute Gasteiger partial charge is 0.473 e. The van der Waals surface area contributed by atoms with Crippen molar-refractivity contribution in [2.45, 2.75) is 46.3 Å². The Labute approximate surface area is 130 Å². The highest BCUT2D eigenvalue weighted by Crippen LogP contribution is 2.20. The van der Waals surface area contributed by atoms with Crippen LogP contribution in [0.3, 0.4) is 0 Å². The highest BCUT2D eigenvalue weighted by molar-refractivity contribution is 5.18. The Bertz CT molecular complexity index is 633. The predicted molar refractivity (Wildman–Crippen MR) is 81.7 cm³/mol. The molecule has 0 spiro atoms. The maximum atomic E-state index is 6.03. The topological polar surface area (TPSA) is 64.3 Å². The van der Waals surface area contributed by atoms with Crippen molar-refractivity contribution >= 4 is 0 Å². The van der Waals surface area contributed by atoms with Gasteiger partial charge >= 0.3 is 0 Å². The average molecular weight is 302 g/mol. The van der Waals surface area contributed by atoms with Gasteiger partial charge in [0.1, 0.15) is 6.10 Å². The number of ether oxygens (including phenoxy) is 1. The third-order valence-corrected chi connectivity index (χ3v) is 3.90. The van der Waals surface area contributed by atoms with Crippen molar-refractivity contribution < 1.29 is 9.26 Å². The van der Waals surface area contributed by atoms with Crippen LogP contribution < -0.4 is 4.74 Å². The van der Waals surface area contributed by atoms with E-state index in [0.29, 0.717) is 5.88 Å². The minimum atomic E-state index is 0.211. The molecule has 0 atom stereocenters. The lowest BCUT2D eigenvalue weighted by Crippen LogP contribution is -2.38. The van der Waals surface area contributed by atoms with Crippen molar-refractivity contribution in [1.29, 1.82) is 0 Å². The van der Waals surface area contributed by atoms with Gasteiger partial charge in [0, 0.05) is 25.4 Å². The van der Waals surface area contributed by atoms with Crippen molar-refractivity contribution in [1.82, 2.24) is 20.0 Å². The lowest BCUT2D eigenvalue weighted by molar-refractivity contribution is 0.0871. The van der Waals surface area contributed by atoms with Gasteiger partial charge in [-0.05, 0) is 33.6 Å². The molecule has 0 unspecified atom stereocenters. The van der Waals surface area contributed by atoms with Gasteiger partial charge in [-0.25, -0.2) is 4.98 Å². The zero-order chi connectivity index (χ0) is 15.5. The molecule has 6 nitrogen and oxygen atoms in total. The molecule has 3 rings (SSSR count). The van der Waals surface area contributed by atoms with Crippen LogP contribution in [0, 0.1) is 20.8 Å². The van der Waals surface area contributed by atoms with Gasteiger partial charge in [-0.2, -0.15) is 0 Å². The number of aryl methyl sites for hydroxylation is 3. The minimum Gasteiger partial charge on any atom is -0.473 e. The monoisotopic (exact) mass is 302 g/mol. The zero-order valence-corrected chi connectivity index (χ0v) is 13.4. The van der Waals surface area contributed by atoms with Gasteiger partial charge in [0.2, 0.25) is 5.88 Å². The fourth-order valence-corrected chi connectivity index (χ4v) is 2.68. The quantitative estimate of drug-likeness (QED) is 0.864. The first-order valence-corrected chi connectivity index (χ1v) is 7.71. The number of likely N-dealkylation sites (tertiary alicyclic amines) is 1. The molecule has 0 N–H and O–H groups in total. The number of hydrogen-bond donors (Lipinski definition) is 0. The summed E-state index contributed by atoms with van der Waals surface area (Å²) in [6, 6.07) is 1.99. The number of nitrogens with zero attached hydrogens (tertiary/aromatic N) is 4. The smallest absolute Gasteiger partial charge is 0.235 e. The summed E-state index contributed by atoms with van der Waals surface area (Å²) in [5.74, 6) is 1.60. The fourth-order valence-electron chi connectivity index (χ4n) is 2.68. The molecule has 0 bridgehead atoms. The van der Waals surface area contributed by atoms with Gasteiger partial charge in [-0.3, -0.25) is 9.88 Å². The third kappa shape index (κ3) is 3.62. The summed E-state index contributed by atoms with van der Waals surface area (Å²) in [5, 5.41) is 3.93. The third-order valence-electron chi connectivity index (χ3n) is 3.90. The van der Waals surface area contributed by atoms with E-state index in [4.69, 9.17) is 9.26 Å². The van der Waals surface area contributed by atoms with E-state index in [2.05, 4.69) is 20.0 Å². The number of aromatic nitrogens is 3. The second kappa shape index (κ2) is 6.44. The minimum absolute atomic E-state index is 0.211. The van der Waals surface area contributed by atoms with Crippen molar-refractivity contribution in [3.63, 3.8) is 0 Å². The van der Waals surface area contributed by atoms with E-state index in [1.165, 1.54) is 0 Å². The standard InChI is InChI=1S/C16H22N4O2/c1-11-8-15(22-19-11)10-20-6-4-14(5-7-20)21-16-13(3)17-9-12(2)18-16/h8-9,14H,4-7,10H2,1-3H3. The second-order valence-corrected chi connectivity index (χ2v) is 5.93. The molecule has 118 valence electrons. The average Bonchev–Trinajstić information content (AvgIpc) is 2.90. The first kappa shape index (κ1) is 15.0. The molecule has 0 radical (unpaired) electrons. The predicted octanol–water partition coefficient (Wildman–Crippen LogP) is 2.43. The Balaban J connectivity index is 1.52. The van der Waals surface area contributed by atoms with Gasteiger partial charge in [0.25, 0.3) is 0 Å². The molecule has 0 aromatic carbocycles. The molecule has 2 aromatic rings. The van der Waals surface area contributed by atoms with Crippen LogP contribution in [0.4, 0.5) is 0 Å². The lowest BCUT2D eigenvalue weighted by atomic mass is 10.1. The van der Waals surface area contributed by atoms with Gasteiger partial charge in [0.05, 0.1) is 23.6 Å². The fraction of sp³-hybridized carbons (Fsp3) is 0.562. The second-order valence-electron chi connectivity index (χ2n) is 5.93. The molecular formula is C16H22N4O2. The van der Waals surface area contributed by atoms with E-state index in [1.807, 2.05) is 26.8 Å². The summed E-state index contributed by atoms with van der Waals surface area (Å²) in [5.41, 5.74) is 2.67. The molecule has 1 fully saturated rings. The number of hydrogen-bond acceptors (Lipinski definition) is 6. The molecule has 22 heavy (non-hydrogen) atoms. The van der Waals surface area contributed by atoms with Gasteiger partial charge in [0.15, 0.2) is 5.76 Å². The Kier molecular flexibility index (Phi) is 4.38. The SMILES string of the molecule is Cc1cc(CN2CCC(Oc3nc(C)cnc3C)CC2)on1. The zero-order valence-electron chi connectivity index (χ0n) is 13.4. The van der Waals surface area contributed by atoms with Crippen LogP contribution in [0.25, 0.3) is 0 Å². The van der Waals surface area contributed by atoms with Crippen molar-refractivity contribution in [2.24, 2.45) is 0 Å². The van der Waals surface area contributed by atoms with Crippen LogP contribution in [-0.4, -0.2) is 39.2 Å². The summed E-state index contributed by atoms with van der Waals surface area (Å²) >= 11 is 0. The first-order valence-electron chi connectivity index (χ1n) is 7.71. The summed E-state index contributed by atoms with van der Waals surface area (Å²) < 4.78 is 11.3. The van der Waals surface area contributed by atoms with Crippen LogP contribution in [-0.2, 0) is 6.54 Å². The van der Waals surface area contributed by atoms with Crippen LogP contribution >= 0.6 is 0 Å². The normalized spacial score (nSPS) is 16.9. The molecule has 1 aliphatic heterocycles. The maximum Gasteiger partial charge on any atom is 0.235 e. The van der Waals surface area contributed by atoms with Crippen LogP contribution in [0.5, 0.6) is 5.88 Å². The summed E-state index contributed by atoms with van der Waals surface area (Å²) in [7, 11) is 0. The Morgan fingerprint density at radius 1 is 1.23 bits per heavy atom. The van der Waals surface area contributed by atoms with Crippen molar-refractivity contribution in [3.05, 3.63) is 35.1 Å². The summed E-state index contributed by atoms with van der Waals surface area (Å²) in [6.07, 6.45) is 3.96. The van der Waals surface area contributed by atoms with Crippen LogP contribution in [0.15, 0.2) is 16.8 Å². The molecule has 3 heterocycles. The first-order chi connectivity index (χ1) is 10.6. The summed E-state index contributed by atoms with van der Waals surface area (Å²) in [6.45, 7) is 8.60. The van der Waals surface area contributed by atoms with Gasteiger partial charge in [-0.15, -0.1) is 0 Å². The highest BCUT2D eigenvalue weighted by atomic mass is 16.5.